The number of aryl methyl sites for hydroxylation is 1. The predicted octanol–water partition coefficient (Wildman–Crippen LogP) is 4.38. The number of hydrogen-bond donors (Lipinski definition) is 0. The molecule has 1 aromatic heterocycles. The van der Waals surface area contributed by atoms with E-state index in [4.69, 9.17) is 23.9 Å². The summed E-state index contributed by atoms with van der Waals surface area (Å²) in [6.45, 7) is 3.22. The maximum atomic E-state index is 5.88. The number of ether oxygens (including phenoxy) is 4. The van der Waals surface area contributed by atoms with Crippen molar-refractivity contribution in [3.05, 3.63) is 71.3 Å². The Balaban J connectivity index is 1.68. The third-order valence-corrected chi connectivity index (χ3v) is 6.12. The van der Waals surface area contributed by atoms with Crippen LogP contribution in [0.4, 0.5) is 5.69 Å². The molecule has 2 aliphatic rings. The number of rotatable bonds is 6. The highest BCUT2D eigenvalue weighted by Crippen LogP contribution is 2.43. The summed E-state index contributed by atoms with van der Waals surface area (Å²) < 4.78 is 22.5. The highest BCUT2D eigenvalue weighted by atomic mass is 16.7. The number of benzene rings is 2. The molecule has 0 saturated heterocycles. The average molecular weight is 418 g/mol. The lowest BCUT2D eigenvalue weighted by atomic mass is 10.0. The van der Waals surface area contributed by atoms with Crippen LogP contribution in [-0.2, 0) is 22.3 Å². The van der Waals surface area contributed by atoms with Crippen molar-refractivity contribution in [2.45, 2.75) is 25.8 Å². The van der Waals surface area contributed by atoms with Gasteiger partial charge in [0.1, 0.15) is 23.3 Å². The first-order valence-corrected chi connectivity index (χ1v) is 10.5. The zero-order valence-electron chi connectivity index (χ0n) is 18.1. The lowest BCUT2D eigenvalue weighted by Gasteiger charge is -2.31. The molecule has 1 atom stereocenters. The Kier molecular flexibility index (Phi) is 5.06. The Labute approximate surface area is 182 Å². The smallest absolute Gasteiger partial charge is 0.229 e. The zero-order chi connectivity index (χ0) is 21.4. The van der Waals surface area contributed by atoms with E-state index < -0.39 is 0 Å². The maximum absolute atomic E-state index is 5.88. The van der Waals surface area contributed by atoms with Gasteiger partial charge in [-0.25, -0.2) is 4.98 Å². The van der Waals surface area contributed by atoms with Gasteiger partial charge >= 0.3 is 0 Å². The van der Waals surface area contributed by atoms with E-state index in [2.05, 4.69) is 42.2 Å². The molecule has 160 valence electrons. The van der Waals surface area contributed by atoms with E-state index in [0.29, 0.717) is 5.75 Å². The van der Waals surface area contributed by atoms with Gasteiger partial charge in [0, 0.05) is 30.1 Å². The topological polar surface area (TPSA) is 53.1 Å². The van der Waals surface area contributed by atoms with Crippen LogP contribution >= 0.6 is 0 Å². The van der Waals surface area contributed by atoms with Gasteiger partial charge in [-0.05, 0) is 30.5 Å². The quantitative estimate of drug-likeness (QED) is 0.592. The lowest BCUT2D eigenvalue weighted by Crippen LogP contribution is -2.37. The fourth-order valence-corrected chi connectivity index (χ4v) is 4.63. The number of hydrogen-bond acceptors (Lipinski definition) is 6. The van der Waals surface area contributed by atoms with Gasteiger partial charge in [0.2, 0.25) is 6.79 Å². The second-order valence-corrected chi connectivity index (χ2v) is 7.85. The Morgan fingerprint density at radius 2 is 1.97 bits per heavy atom. The van der Waals surface area contributed by atoms with Crippen LogP contribution in [-0.4, -0.2) is 38.6 Å². The van der Waals surface area contributed by atoms with Gasteiger partial charge in [-0.3, -0.25) is 0 Å². The minimum atomic E-state index is 0.0216. The first-order chi connectivity index (χ1) is 15.2. The molecule has 0 N–H and O–H groups in total. The van der Waals surface area contributed by atoms with Crippen LogP contribution in [0.1, 0.15) is 16.8 Å². The number of nitrogens with zero attached hydrogens (tertiary/aromatic N) is 2. The zero-order valence-corrected chi connectivity index (χ0v) is 18.1. The summed E-state index contributed by atoms with van der Waals surface area (Å²) >= 11 is 0. The van der Waals surface area contributed by atoms with Crippen LogP contribution in [0.2, 0.25) is 0 Å². The van der Waals surface area contributed by atoms with Gasteiger partial charge in [-0.15, -0.1) is 0 Å². The Bertz CT molecular complexity index is 1140. The highest BCUT2D eigenvalue weighted by Gasteiger charge is 2.34. The molecule has 3 aromatic rings. The van der Waals surface area contributed by atoms with E-state index >= 15 is 0 Å². The maximum Gasteiger partial charge on any atom is 0.229 e. The third-order valence-electron chi connectivity index (χ3n) is 6.12. The number of aromatic nitrogens is 1. The van der Waals surface area contributed by atoms with Gasteiger partial charge < -0.3 is 23.8 Å². The molecule has 0 amide bonds. The molecule has 1 unspecified atom stereocenters. The van der Waals surface area contributed by atoms with Crippen molar-refractivity contribution >= 4 is 16.6 Å². The van der Waals surface area contributed by atoms with Gasteiger partial charge in [-0.1, -0.05) is 30.3 Å². The molecule has 2 aromatic carbocycles. The van der Waals surface area contributed by atoms with Crippen molar-refractivity contribution in [1.29, 1.82) is 0 Å². The van der Waals surface area contributed by atoms with Crippen molar-refractivity contribution in [3.63, 3.8) is 0 Å². The van der Waals surface area contributed by atoms with E-state index in [-0.39, 0.29) is 12.8 Å². The molecule has 2 aliphatic heterocycles. The van der Waals surface area contributed by atoms with Crippen molar-refractivity contribution in [2.24, 2.45) is 0 Å². The molecule has 0 saturated carbocycles. The molecule has 0 bridgehead atoms. The Morgan fingerprint density at radius 1 is 1.13 bits per heavy atom. The van der Waals surface area contributed by atoms with Crippen LogP contribution in [0.5, 0.6) is 11.5 Å². The van der Waals surface area contributed by atoms with Gasteiger partial charge in [-0.2, -0.15) is 0 Å². The average Bonchev–Trinajstić information content (AvgIpc) is 3.49. The standard InChI is InChI=1S/C25H26N2O4/c1-16-19-9-10-27(21(23-14-30-15-31-23)11-17-7-5-4-6-8-17)25(19)20-12-18(28-2)13-22(29-3)24(20)26-16/h4-8,12-14,21H,9-11,15H2,1-3H3. The van der Waals surface area contributed by atoms with Crippen LogP contribution in [0.15, 0.2) is 54.5 Å². The minimum Gasteiger partial charge on any atom is -0.497 e. The number of fused-ring (bicyclic) bond motifs is 3. The van der Waals surface area contributed by atoms with E-state index in [1.54, 1.807) is 20.5 Å². The molecule has 31 heavy (non-hydrogen) atoms. The summed E-state index contributed by atoms with van der Waals surface area (Å²) in [6.07, 6.45) is 3.51. The molecule has 0 aliphatic carbocycles. The number of anilines is 1. The lowest BCUT2D eigenvalue weighted by molar-refractivity contribution is 0.0751. The first-order valence-electron chi connectivity index (χ1n) is 10.5. The molecule has 6 heteroatoms. The normalized spacial score (nSPS) is 15.8. The summed E-state index contributed by atoms with van der Waals surface area (Å²) in [6, 6.07) is 14.5. The summed E-state index contributed by atoms with van der Waals surface area (Å²) in [7, 11) is 3.34. The Hall–Kier alpha value is -3.41. The van der Waals surface area contributed by atoms with Crippen molar-refractivity contribution < 1.29 is 18.9 Å². The predicted molar refractivity (Wildman–Crippen MR) is 120 cm³/mol. The van der Waals surface area contributed by atoms with Crippen LogP contribution in [0, 0.1) is 6.92 Å². The fraction of sp³-hybridized carbons (Fsp3) is 0.320. The highest BCUT2D eigenvalue weighted by molar-refractivity contribution is 5.99. The molecule has 0 spiro atoms. The van der Waals surface area contributed by atoms with Crippen molar-refractivity contribution in [2.75, 3.05) is 32.5 Å². The first kappa shape index (κ1) is 19.5. The van der Waals surface area contributed by atoms with E-state index in [1.165, 1.54) is 16.8 Å². The van der Waals surface area contributed by atoms with E-state index in [0.717, 1.165) is 47.5 Å². The SMILES string of the molecule is COc1cc(OC)c2nc(C)c3c(c2c1)N(C(Cc1ccccc1)C1=COCO1)CC3. The van der Waals surface area contributed by atoms with Gasteiger partial charge in [0.15, 0.2) is 5.76 Å². The molecule has 0 fully saturated rings. The third kappa shape index (κ3) is 3.42. The van der Waals surface area contributed by atoms with E-state index in [9.17, 15) is 0 Å². The van der Waals surface area contributed by atoms with Crippen molar-refractivity contribution in [1.82, 2.24) is 4.98 Å². The molecule has 5 rings (SSSR count). The minimum absolute atomic E-state index is 0.0216. The molecule has 3 heterocycles. The molecular weight excluding hydrogens is 392 g/mol. The summed E-state index contributed by atoms with van der Waals surface area (Å²) in [4.78, 5) is 7.32. The summed E-state index contributed by atoms with van der Waals surface area (Å²) in [5.74, 6) is 2.32. The van der Waals surface area contributed by atoms with Crippen LogP contribution in [0.25, 0.3) is 10.9 Å². The summed E-state index contributed by atoms with van der Waals surface area (Å²) in [5, 5.41) is 1.03. The summed E-state index contributed by atoms with van der Waals surface area (Å²) in [5.41, 5.74) is 5.58. The van der Waals surface area contributed by atoms with Crippen molar-refractivity contribution in [3.8, 4) is 11.5 Å². The van der Waals surface area contributed by atoms with E-state index in [1.807, 2.05) is 12.1 Å². The Morgan fingerprint density at radius 3 is 2.68 bits per heavy atom. The number of pyridine rings is 1. The molecular formula is C25H26N2O4. The fourth-order valence-electron chi connectivity index (χ4n) is 4.63. The van der Waals surface area contributed by atoms with Gasteiger partial charge in [0.25, 0.3) is 0 Å². The van der Waals surface area contributed by atoms with Gasteiger partial charge in [0.05, 0.1) is 25.9 Å². The molecule has 0 radical (unpaired) electrons. The second kappa shape index (κ2) is 8.02. The monoisotopic (exact) mass is 418 g/mol. The van der Waals surface area contributed by atoms with Crippen LogP contribution < -0.4 is 14.4 Å². The largest absolute Gasteiger partial charge is 0.497 e. The second-order valence-electron chi connectivity index (χ2n) is 7.85. The van der Waals surface area contributed by atoms with Crippen LogP contribution in [0.3, 0.4) is 0 Å². The number of methoxy groups -OCH3 is 2. The molecule has 6 nitrogen and oxygen atoms in total.